The van der Waals surface area contributed by atoms with Crippen molar-refractivity contribution >= 4 is 40.3 Å². The lowest BCUT2D eigenvalue weighted by Gasteiger charge is -2.19. The first-order chi connectivity index (χ1) is 13.6. The molecule has 2 rings (SSSR count). The van der Waals surface area contributed by atoms with Gasteiger partial charge in [0.1, 0.15) is 17.7 Å². The SMILES string of the molecule is CC(=O)N[C@H](CC(N)=O)C(=O)N[C@@H](C)C(=O)Nc1ccc2c(C)cc(=O)oc2c1. The molecule has 0 spiro atoms. The van der Waals surface area contributed by atoms with Gasteiger partial charge in [-0.1, -0.05) is 0 Å². The minimum absolute atomic E-state index is 0.316. The maximum atomic E-state index is 12.4. The van der Waals surface area contributed by atoms with Crippen LogP contribution in [0, 0.1) is 6.92 Å². The third-order valence-electron chi connectivity index (χ3n) is 4.07. The Balaban J connectivity index is 2.08. The molecule has 0 saturated carbocycles. The van der Waals surface area contributed by atoms with Crippen molar-refractivity contribution in [3.63, 3.8) is 0 Å². The first kappa shape index (κ1) is 21.6. The van der Waals surface area contributed by atoms with Crippen LogP contribution in [0.15, 0.2) is 33.5 Å². The number of carbonyl (C=O) groups is 4. The molecule has 0 unspecified atom stereocenters. The molecule has 1 aromatic carbocycles. The Morgan fingerprint density at radius 3 is 2.41 bits per heavy atom. The number of benzene rings is 1. The number of primary amides is 1. The average Bonchev–Trinajstić information content (AvgIpc) is 2.59. The second-order valence-corrected chi connectivity index (χ2v) is 6.60. The molecule has 10 nitrogen and oxygen atoms in total. The van der Waals surface area contributed by atoms with Crippen molar-refractivity contribution in [3.05, 3.63) is 40.2 Å². The molecule has 0 aliphatic rings. The molecule has 0 saturated heterocycles. The quantitative estimate of drug-likeness (QED) is 0.474. The van der Waals surface area contributed by atoms with Crippen LogP contribution in [0.2, 0.25) is 0 Å². The van der Waals surface area contributed by atoms with Gasteiger partial charge in [0.05, 0.1) is 6.42 Å². The maximum Gasteiger partial charge on any atom is 0.336 e. The van der Waals surface area contributed by atoms with Crippen LogP contribution >= 0.6 is 0 Å². The van der Waals surface area contributed by atoms with E-state index < -0.39 is 47.8 Å². The monoisotopic (exact) mass is 402 g/mol. The molecule has 0 aliphatic carbocycles. The van der Waals surface area contributed by atoms with E-state index in [1.807, 2.05) is 0 Å². The zero-order valence-corrected chi connectivity index (χ0v) is 16.2. The molecule has 2 atom stereocenters. The molecule has 0 fully saturated rings. The number of anilines is 1. The standard InChI is InChI=1S/C19H22N4O6/c1-9-6-17(26)29-15-7-12(4-5-13(9)15)23-18(27)10(2)21-19(28)14(8-16(20)25)22-11(3)24/h4-7,10,14H,8H2,1-3H3,(H2,20,25)(H,21,28)(H,22,24)(H,23,27)/t10-,14+/m0/s1. The van der Waals surface area contributed by atoms with Gasteiger partial charge in [0, 0.05) is 30.1 Å². The molecular weight excluding hydrogens is 380 g/mol. The number of hydrogen-bond acceptors (Lipinski definition) is 6. The molecule has 10 heteroatoms. The van der Waals surface area contributed by atoms with Gasteiger partial charge in [-0.25, -0.2) is 4.79 Å². The summed E-state index contributed by atoms with van der Waals surface area (Å²) in [5.74, 6) is -2.56. The Labute approximate surface area is 165 Å². The summed E-state index contributed by atoms with van der Waals surface area (Å²) in [7, 11) is 0. The Bertz CT molecular complexity index is 1010. The fourth-order valence-electron chi connectivity index (χ4n) is 2.69. The number of aryl methyl sites for hydroxylation is 1. The Morgan fingerprint density at radius 2 is 1.79 bits per heavy atom. The predicted molar refractivity (Wildman–Crippen MR) is 105 cm³/mol. The third kappa shape index (κ3) is 5.89. The van der Waals surface area contributed by atoms with E-state index in [0.29, 0.717) is 11.3 Å². The third-order valence-corrected chi connectivity index (χ3v) is 4.07. The molecule has 0 bridgehead atoms. The van der Waals surface area contributed by atoms with Crippen molar-refractivity contribution in [2.24, 2.45) is 5.73 Å². The highest BCUT2D eigenvalue weighted by Gasteiger charge is 2.25. The summed E-state index contributed by atoms with van der Waals surface area (Å²) in [5.41, 5.74) is 6.01. The van der Waals surface area contributed by atoms with Crippen molar-refractivity contribution in [1.29, 1.82) is 0 Å². The van der Waals surface area contributed by atoms with Gasteiger partial charge in [-0.15, -0.1) is 0 Å². The van der Waals surface area contributed by atoms with Gasteiger partial charge < -0.3 is 26.1 Å². The van der Waals surface area contributed by atoms with Crippen LogP contribution in [0.4, 0.5) is 5.69 Å². The van der Waals surface area contributed by atoms with Gasteiger partial charge >= 0.3 is 5.63 Å². The number of nitrogens with one attached hydrogen (secondary N) is 3. The summed E-state index contributed by atoms with van der Waals surface area (Å²) in [6.07, 6.45) is -0.400. The predicted octanol–water partition coefficient (Wildman–Crippen LogP) is -0.0753. The minimum Gasteiger partial charge on any atom is -0.423 e. The van der Waals surface area contributed by atoms with Crippen LogP contribution in [-0.4, -0.2) is 35.7 Å². The fraction of sp³-hybridized carbons (Fsp3) is 0.316. The van der Waals surface area contributed by atoms with Crippen LogP contribution < -0.4 is 27.3 Å². The summed E-state index contributed by atoms with van der Waals surface area (Å²) in [6, 6.07) is 4.05. The molecule has 1 aromatic heterocycles. The summed E-state index contributed by atoms with van der Waals surface area (Å²) >= 11 is 0. The molecule has 0 aliphatic heterocycles. The Morgan fingerprint density at radius 1 is 1.10 bits per heavy atom. The average molecular weight is 402 g/mol. The van der Waals surface area contributed by atoms with Crippen LogP contribution in [0.3, 0.4) is 0 Å². The van der Waals surface area contributed by atoms with Crippen molar-refractivity contribution in [2.45, 2.75) is 39.3 Å². The van der Waals surface area contributed by atoms with Gasteiger partial charge in [0.2, 0.25) is 23.6 Å². The lowest BCUT2D eigenvalue weighted by molar-refractivity contribution is -0.132. The van der Waals surface area contributed by atoms with Crippen LogP contribution in [0.5, 0.6) is 0 Å². The number of carbonyl (C=O) groups excluding carboxylic acids is 4. The topological polar surface area (TPSA) is 161 Å². The number of nitrogens with two attached hydrogens (primary N) is 1. The van der Waals surface area contributed by atoms with Crippen molar-refractivity contribution < 1.29 is 23.6 Å². The lowest BCUT2D eigenvalue weighted by atomic mass is 10.1. The first-order valence-corrected chi connectivity index (χ1v) is 8.78. The summed E-state index contributed by atoms with van der Waals surface area (Å²) < 4.78 is 5.13. The van der Waals surface area contributed by atoms with Crippen molar-refractivity contribution in [3.8, 4) is 0 Å². The molecule has 154 valence electrons. The fourth-order valence-corrected chi connectivity index (χ4v) is 2.69. The van der Waals surface area contributed by atoms with E-state index in [1.165, 1.54) is 26.0 Å². The van der Waals surface area contributed by atoms with Crippen LogP contribution in [0.1, 0.15) is 25.8 Å². The maximum absolute atomic E-state index is 12.4. The Hall–Kier alpha value is -3.69. The van der Waals surface area contributed by atoms with Gasteiger partial charge in [0.25, 0.3) is 0 Å². The molecule has 5 N–H and O–H groups in total. The highest BCUT2D eigenvalue weighted by atomic mass is 16.4. The number of amides is 4. The highest BCUT2D eigenvalue weighted by molar-refractivity contribution is 6.00. The molecule has 4 amide bonds. The molecule has 2 aromatic rings. The minimum atomic E-state index is -1.18. The number of fused-ring (bicyclic) bond motifs is 1. The van der Waals surface area contributed by atoms with E-state index in [-0.39, 0.29) is 0 Å². The number of hydrogen-bond donors (Lipinski definition) is 4. The summed E-state index contributed by atoms with van der Waals surface area (Å²) in [4.78, 5) is 58.5. The largest absolute Gasteiger partial charge is 0.423 e. The van der Waals surface area contributed by atoms with E-state index in [1.54, 1.807) is 19.1 Å². The molecule has 29 heavy (non-hydrogen) atoms. The van der Waals surface area contributed by atoms with Gasteiger partial charge in [0.15, 0.2) is 0 Å². The van der Waals surface area contributed by atoms with E-state index in [9.17, 15) is 24.0 Å². The van der Waals surface area contributed by atoms with E-state index >= 15 is 0 Å². The molecule has 0 radical (unpaired) electrons. The highest BCUT2D eigenvalue weighted by Crippen LogP contribution is 2.20. The second-order valence-electron chi connectivity index (χ2n) is 6.60. The van der Waals surface area contributed by atoms with E-state index in [0.717, 1.165) is 10.9 Å². The van der Waals surface area contributed by atoms with Crippen molar-refractivity contribution in [2.75, 3.05) is 5.32 Å². The normalized spacial score (nSPS) is 12.7. The Kier molecular flexibility index (Phi) is 6.71. The molecule has 1 heterocycles. The first-order valence-electron chi connectivity index (χ1n) is 8.78. The van der Waals surface area contributed by atoms with E-state index in [2.05, 4.69) is 16.0 Å². The summed E-state index contributed by atoms with van der Waals surface area (Å²) in [6.45, 7) is 4.40. The van der Waals surface area contributed by atoms with Crippen LogP contribution in [-0.2, 0) is 19.2 Å². The zero-order chi connectivity index (χ0) is 21.7. The smallest absolute Gasteiger partial charge is 0.336 e. The second kappa shape index (κ2) is 9.00. The van der Waals surface area contributed by atoms with Gasteiger partial charge in [-0.2, -0.15) is 0 Å². The van der Waals surface area contributed by atoms with Gasteiger partial charge in [-0.05, 0) is 31.5 Å². The van der Waals surface area contributed by atoms with Gasteiger partial charge in [-0.3, -0.25) is 19.2 Å². The van der Waals surface area contributed by atoms with E-state index in [4.69, 9.17) is 10.2 Å². The molecular formula is C19H22N4O6. The van der Waals surface area contributed by atoms with Crippen LogP contribution in [0.25, 0.3) is 11.0 Å². The number of rotatable bonds is 7. The lowest BCUT2D eigenvalue weighted by Crippen LogP contribution is -2.52. The van der Waals surface area contributed by atoms with Crippen molar-refractivity contribution in [1.82, 2.24) is 10.6 Å². The zero-order valence-electron chi connectivity index (χ0n) is 16.2. The summed E-state index contributed by atoms with van der Waals surface area (Å²) in [5, 5.41) is 8.06.